The maximum atomic E-state index is 6.18. The predicted octanol–water partition coefficient (Wildman–Crippen LogP) is 4.15. The van der Waals surface area contributed by atoms with E-state index in [1.807, 2.05) is 6.33 Å². The fourth-order valence-corrected chi connectivity index (χ4v) is 3.30. The Hall–Kier alpha value is -0.613. The largest absolute Gasteiger partial charge is 0.414 e. The first-order valence-corrected chi connectivity index (χ1v) is 9.61. The van der Waals surface area contributed by atoms with Crippen molar-refractivity contribution in [3.63, 3.8) is 0 Å². The number of nitrogens with zero attached hydrogens (tertiary/aromatic N) is 1. The molecule has 1 rings (SSSR count). The maximum Gasteiger partial charge on any atom is 0.205 e. The van der Waals surface area contributed by atoms with Crippen molar-refractivity contribution < 1.29 is 4.43 Å². The fourth-order valence-electron chi connectivity index (χ4n) is 2.26. The van der Waals surface area contributed by atoms with E-state index in [0.717, 1.165) is 12.8 Å². The third-order valence-corrected chi connectivity index (χ3v) is 4.05. The Bertz CT molecular complexity index is 380. The molecule has 3 nitrogen and oxygen atoms in total. The van der Waals surface area contributed by atoms with Crippen LogP contribution in [0.4, 0.5) is 0 Å². The van der Waals surface area contributed by atoms with Crippen molar-refractivity contribution >= 4 is 9.04 Å². The summed E-state index contributed by atoms with van der Waals surface area (Å²) in [7, 11) is -0.658. The van der Waals surface area contributed by atoms with Crippen LogP contribution in [0.25, 0.3) is 0 Å². The number of imidazole rings is 1. The lowest BCUT2D eigenvalue weighted by Gasteiger charge is -2.32. The van der Waals surface area contributed by atoms with E-state index in [1.54, 1.807) is 0 Å². The lowest BCUT2D eigenvalue weighted by atomic mass is 9.86. The van der Waals surface area contributed by atoms with Crippen molar-refractivity contribution in [1.29, 1.82) is 0 Å². The Morgan fingerprint density at radius 3 is 2.42 bits per heavy atom. The summed E-state index contributed by atoms with van der Waals surface area (Å²) >= 11 is 0. The molecule has 0 bridgehead atoms. The van der Waals surface area contributed by atoms with Crippen LogP contribution in [0, 0.1) is 5.41 Å². The van der Waals surface area contributed by atoms with Gasteiger partial charge in [0.25, 0.3) is 0 Å². The molecule has 0 spiro atoms. The molecule has 1 N–H and O–H groups in total. The van der Waals surface area contributed by atoms with Gasteiger partial charge >= 0.3 is 0 Å². The van der Waals surface area contributed by atoms with Gasteiger partial charge in [0.05, 0.1) is 18.1 Å². The van der Waals surface area contributed by atoms with E-state index in [-0.39, 0.29) is 5.41 Å². The van der Waals surface area contributed by atoms with Crippen molar-refractivity contribution in [1.82, 2.24) is 9.97 Å². The summed E-state index contributed by atoms with van der Waals surface area (Å²) in [5, 5.41) is 0. The van der Waals surface area contributed by atoms with Gasteiger partial charge in [0.1, 0.15) is 0 Å². The number of H-pyrrole nitrogens is 1. The Morgan fingerprint density at radius 2 is 1.95 bits per heavy atom. The van der Waals surface area contributed by atoms with Crippen LogP contribution in [-0.2, 0) is 10.8 Å². The number of aromatic nitrogens is 2. The highest BCUT2D eigenvalue weighted by Crippen LogP contribution is 2.27. The van der Waals surface area contributed by atoms with Gasteiger partial charge in [-0.25, -0.2) is 4.98 Å². The van der Waals surface area contributed by atoms with Gasteiger partial charge in [-0.15, -0.1) is 0 Å². The molecular weight excluding hydrogens is 252 g/mol. The molecule has 0 aliphatic heterocycles. The zero-order valence-corrected chi connectivity index (χ0v) is 14.5. The van der Waals surface area contributed by atoms with E-state index in [1.165, 1.54) is 11.4 Å². The fraction of sp³-hybridized carbons (Fsp3) is 0.800. The molecule has 1 radical (unpaired) electrons. The molecule has 0 saturated carbocycles. The second-order valence-corrected chi connectivity index (χ2v) is 8.89. The highest BCUT2D eigenvalue weighted by molar-refractivity contribution is 6.48. The number of hydrogen-bond acceptors (Lipinski definition) is 2. The second kappa shape index (κ2) is 6.71. The normalized spacial score (nSPS) is 14.4. The molecule has 1 heterocycles. The SMILES string of the molecule is CC(C)c1nc[nH]c1CCC(O[Si](C)C)C(C)(C)C. The average molecular weight is 281 g/mol. The van der Waals surface area contributed by atoms with Gasteiger partial charge in [-0.3, -0.25) is 0 Å². The first-order chi connectivity index (χ1) is 8.71. The minimum atomic E-state index is -0.658. The van der Waals surface area contributed by atoms with Crippen LogP contribution in [0.5, 0.6) is 0 Å². The molecule has 0 aliphatic rings. The van der Waals surface area contributed by atoms with Gasteiger partial charge in [-0.05, 0) is 37.3 Å². The summed E-state index contributed by atoms with van der Waals surface area (Å²) in [4.78, 5) is 7.72. The third-order valence-electron chi connectivity index (χ3n) is 3.30. The molecule has 1 atom stereocenters. The van der Waals surface area contributed by atoms with E-state index in [2.05, 4.69) is 57.7 Å². The molecule has 19 heavy (non-hydrogen) atoms. The van der Waals surface area contributed by atoms with Gasteiger partial charge in [-0.1, -0.05) is 34.6 Å². The number of hydrogen-bond donors (Lipinski definition) is 1. The molecule has 109 valence electrons. The molecule has 0 saturated heterocycles. The van der Waals surface area contributed by atoms with Crippen LogP contribution in [0.15, 0.2) is 6.33 Å². The first-order valence-electron chi connectivity index (χ1n) is 7.20. The van der Waals surface area contributed by atoms with E-state index in [9.17, 15) is 0 Å². The zero-order chi connectivity index (χ0) is 14.6. The van der Waals surface area contributed by atoms with Gasteiger partial charge in [0.15, 0.2) is 0 Å². The highest BCUT2D eigenvalue weighted by Gasteiger charge is 2.26. The van der Waals surface area contributed by atoms with Crippen molar-refractivity contribution in [2.24, 2.45) is 5.41 Å². The highest BCUT2D eigenvalue weighted by atomic mass is 28.3. The molecule has 0 aromatic carbocycles. The van der Waals surface area contributed by atoms with Gasteiger partial charge in [-0.2, -0.15) is 0 Å². The minimum absolute atomic E-state index is 0.194. The maximum absolute atomic E-state index is 6.18. The van der Waals surface area contributed by atoms with Crippen LogP contribution in [0.1, 0.15) is 58.3 Å². The number of rotatable bonds is 6. The van der Waals surface area contributed by atoms with Crippen LogP contribution in [0.2, 0.25) is 13.1 Å². The third kappa shape index (κ3) is 5.11. The summed E-state index contributed by atoms with van der Waals surface area (Å²) in [6.45, 7) is 15.6. The summed E-state index contributed by atoms with van der Waals surface area (Å²) in [5.74, 6) is 0.479. The number of aryl methyl sites for hydroxylation is 1. The quantitative estimate of drug-likeness (QED) is 0.796. The molecule has 1 unspecified atom stereocenters. The molecular formula is C15H29N2OSi. The average Bonchev–Trinajstić information content (AvgIpc) is 2.70. The zero-order valence-electron chi connectivity index (χ0n) is 13.5. The standard InChI is InChI=1S/C15H29N2OSi/c1-11(2)14-12(16-10-17-14)8-9-13(15(3,4)5)18-19(6)7/h10-11,13H,8-9H2,1-7H3,(H,16,17). The minimum Gasteiger partial charge on any atom is -0.414 e. The number of aromatic amines is 1. The van der Waals surface area contributed by atoms with E-state index in [0.29, 0.717) is 12.0 Å². The Labute approximate surface area is 119 Å². The monoisotopic (exact) mass is 281 g/mol. The Balaban J connectivity index is 2.68. The van der Waals surface area contributed by atoms with Crippen molar-refractivity contribution in [3.05, 3.63) is 17.7 Å². The summed E-state index contributed by atoms with van der Waals surface area (Å²) in [5.41, 5.74) is 2.67. The lowest BCUT2D eigenvalue weighted by Crippen LogP contribution is -2.33. The predicted molar refractivity (Wildman–Crippen MR) is 82.8 cm³/mol. The first kappa shape index (κ1) is 16.4. The van der Waals surface area contributed by atoms with Crippen LogP contribution in [0.3, 0.4) is 0 Å². The number of nitrogens with one attached hydrogen (secondary N) is 1. The molecule has 1 aromatic heterocycles. The topological polar surface area (TPSA) is 37.9 Å². The van der Waals surface area contributed by atoms with E-state index >= 15 is 0 Å². The van der Waals surface area contributed by atoms with E-state index in [4.69, 9.17) is 4.43 Å². The Morgan fingerprint density at radius 1 is 1.32 bits per heavy atom. The van der Waals surface area contributed by atoms with Gasteiger partial charge in [0, 0.05) is 5.69 Å². The summed E-state index contributed by atoms with van der Waals surface area (Å²) in [6, 6.07) is 0. The van der Waals surface area contributed by atoms with Crippen molar-refractivity contribution in [2.75, 3.05) is 0 Å². The van der Waals surface area contributed by atoms with Gasteiger partial charge in [0.2, 0.25) is 9.04 Å². The van der Waals surface area contributed by atoms with Crippen molar-refractivity contribution in [2.45, 2.75) is 72.6 Å². The molecule has 0 amide bonds. The van der Waals surface area contributed by atoms with Crippen molar-refractivity contribution in [3.8, 4) is 0 Å². The lowest BCUT2D eigenvalue weighted by molar-refractivity contribution is 0.0785. The van der Waals surface area contributed by atoms with Crippen LogP contribution >= 0.6 is 0 Å². The summed E-state index contributed by atoms with van der Waals surface area (Å²) < 4.78 is 6.18. The van der Waals surface area contributed by atoms with E-state index < -0.39 is 9.04 Å². The Kier molecular flexibility index (Phi) is 5.80. The second-order valence-electron chi connectivity index (χ2n) is 6.84. The molecule has 1 aromatic rings. The van der Waals surface area contributed by atoms with Gasteiger partial charge < -0.3 is 9.41 Å². The molecule has 4 heteroatoms. The molecule has 0 aliphatic carbocycles. The molecule has 0 fully saturated rings. The van der Waals surface area contributed by atoms with Crippen LogP contribution < -0.4 is 0 Å². The summed E-state index contributed by atoms with van der Waals surface area (Å²) in [6.07, 6.45) is 4.21. The smallest absolute Gasteiger partial charge is 0.205 e. The van der Waals surface area contributed by atoms with Crippen LogP contribution in [-0.4, -0.2) is 25.1 Å².